The molecule has 0 amide bonds. The molecule has 3 nitrogen and oxygen atoms in total. The van der Waals surface area contributed by atoms with Gasteiger partial charge in [-0.2, -0.15) is 0 Å². The maximum absolute atomic E-state index is 5.67. The summed E-state index contributed by atoms with van der Waals surface area (Å²) in [5.74, 6) is 0. The minimum atomic E-state index is -0.709. The van der Waals surface area contributed by atoms with Crippen LogP contribution in [0.25, 0.3) is 0 Å². The summed E-state index contributed by atoms with van der Waals surface area (Å²) < 4.78 is 16.9. The van der Waals surface area contributed by atoms with E-state index in [-0.39, 0.29) is 0 Å². The summed E-state index contributed by atoms with van der Waals surface area (Å²) in [6, 6.07) is 0. The van der Waals surface area contributed by atoms with E-state index in [0.717, 1.165) is 49.1 Å². The van der Waals surface area contributed by atoms with E-state index in [2.05, 4.69) is 13.8 Å². The Morgan fingerprint density at radius 2 is 1.33 bits per heavy atom. The summed E-state index contributed by atoms with van der Waals surface area (Å²) >= 11 is 0. The van der Waals surface area contributed by atoms with Crippen molar-refractivity contribution in [3.05, 3.63) is 0 Å². The van der Waals surface area contributed by atoms with Crippen LogP contribution in [0.5, 0.6) is 0 Å². The number of ether oxygens (including phenoxy) is 3. The highest BCUT2D eigenvalue weighted by atomic mass is 28.1. The van der Waals surface area contributed by atoms with Crippen molar-refractivity contribution >= 4 is 10.2 Å². The van der Waals surface area contributed by atoms with E-state index < -0.39 is 5.60 Å². The van der Waals surface area contributed by atoms with Crippen molar-refractivity contribution < 1.29 is 14.2 Å². The van der Waals surface area contributed by atoms with Crippen LogP contribution in [0.2, 0.25) is 0 Å². The molecule has 0 aliphatic heterocycles. The Balaban J connectivity index is 3.83. The zero-order valence-electron chi connectivity index (χ0n) is 10.7. The van der Waals surface area contributed by atoms with Crippen LogP contribution < -0.4 is 0 Å². The number of hydrogen-bond acceptors (Lipinski definition) is 3. The molecular weight excluding hydrogens is 208 g/mol. The first kappa shape index (κ1) is 15.1. The van der Waals surface area contributed by atoms with Gasteiger partial charge in [0, 0.05) is 6.61 Å². The Hall–Kier alpha value is 0.0969. The third-order valence-corrected chi connectivity index (χ3v) is 3.00. The second-order valence-corrected chi connectivity index (χ2v) is 4.92. The van der Waals surface area contributed by atoms with Gasteiger partial charge in [-0.15, -0.1) is 0 Å². The summed E-state index contributed by atoms with van der Waals surface area (Å²) in [5, 5.41) is 0. The van der Waals surface area contributed by atoms with Crippen LogP contribution in [-0.4, -0.2) is 35.7 Å². The zero-order chi connectivity index (χ0) is 11.6. The molecule has 0 radical (unpaired) electrons. The van der Waals surface area contributed by atoms with Gasteiger partial charge < -0.3 is 14.2 Å². The molecular formula is C11H26O3Si. The SMILES string of the molecule is CCCCOC([SiH3])(OCC)OCCCC. The molecule has 0 aromatic carbocycles. The lowest BCUT2D eigenvalue weighted by atomic mass is 10.4. The molecule has 0 saturated heterocycles. The van der Waals surface area contributed by atoms with Gasteiger partial charge in [0.2, 0.25) is 5.60 Å². The molecule has 0 aromatic rings. The molecule has 0 fully saturated rings. The van der Waals surface area contributed by atoms with Crippen LogP contribution in [0.4, 0.5) is 0 Å². The molecule has 0 bridgehead atoms. The predicted molar refractivity (Wildman–Crippen MR) is 66.0 cm³/mol. The molecule has 92 valence electrons. The molecule has 0 saturated carbocycles. The van der Waals surface area contributed by atoms with Crippen molar-refractivity contribution in [3.8, 4) is 0 Å². The van der Waals surface area contributed by atoms with Crippen molar-refractivity contribution in [2.45, 2.75) is 52.1 Å². The Morgan fingerprint density at radius 1 is 0.867 bits per heavy atom. The average Bonchev–Trinajstić information content (AvgIpc) is 2.19. The molecule has 4 heteroatoms. The van der Waals surface area contributed by atoms with Gasteiger partial charge in [0.1, 0.15) is 10.2 Å². The van der Waals surface area contributed by atoms with Gasteiger partial charge in [0.05, 0.1) is 13.2 Å². The number of unbranched alkanes of at least 4 members (excludes halogenated alkanes) is 2. The van der Waals surface area contributed by atoms with Gasteiger partial charge in [-0.1, -0.05) is 26.7 Å². The predicted octanol–water partition coefficient (Wildman–Crippen LogP) is 1.63. The van der Waals surface area contributed by atoms with Crippen molar-refractivity contribution in [1.29, 1.82) is 0 Å². The lowest BCUT2D eigenvalue weighted by molar-refractivity contribution is -0.324. The summed E-state index contributed by atoms with van der Waals surface area (Å²) in [7, 11) is 0.745. The largest absolute Gasteiger partial charge is 0.333 e. The van der Waals surface area contributed by atoms with Crippen LogP contribution >= 0.6 is 0 Å². The van der Waals surface area contributed by atoms with E-state index >= 15 is 0 Å². The van der Waals surface area contributed by atoms with Crippen LogP contribution in [-0.2, 0) is 14.2 Å². The van der Waals surface area contributed by atoms with E-state index in [0.29, 0.717) is 6.61 Å². The van der Waals surface area contributed by atoms with Gasteiger partial charge >= 0.3 is 0 Å². The van der Waals surface area contributed by atoms with Crippen molar-refractivity contribution in [3.63, 3.8) is 0 Å². The first-order valence-electron chi connectivity index (χ1n) is 6.10. The van der Waals surface area contributed by atoms with Gasteiger partial charge in [-0.3, -0.25) is 0 Å². The standard InChI is InChI=1S/C11H26O3Si/c1-4-7-9-13-11(15,12-6-3)14-10-8-5-2/h4-10H2,1-3,15H3. The van der Waals surface area contributed by atoms with Crippen molar-refractivity contribution in [2.24, 2.45) is 0 Å². The minimum Gasteiger partial charge on any atom is -0.333 e. The first-order valence-corrected chi connectivity index (χ1v) is 7.10. The topological polar surface area (TPSA) is 27.7 Å². The molecule has 0 unspecified atom stereocenters. The molecule has 0 spiro atoms. The molecule has 0 aliphatic carbocycles. The molecule has 0 atom stereocenters. The van der Waals surface area contributed by atoms with Crippen LogP contribution in [0.3, 0.4) is 0 Å². The van der Waals surface area contributed by atoms with Crippen molar-refractivity contribution in [2.75, 3.05) is 19.8 Å². The Morgan fingerprint density at radius 3 is 1.67 bits per heavy atom. The second-order valence-electron chi connectivity index (χ2n) is 3.70. The van der Waals surface area contributed by atoms with Crippen molar-refractivity contribution in [1.82, 2.24) is 0 Å². The summed E-state index contributed by atoms with van der Waals surface area (Å²) in [5.41, 5.74) is -0.709. The number of hydrogen-bond donors (Lipinski definition) is 0. The Kier molecular flexibility index (Phi) is 9.39. The highest BCUT2D eigenvalue weighted by molar-refractivity contribution is 6.12. The minimum absolute atomic E-state index is 0.641. The second kappa shape index (κ2) is 9.33. The zero-order valence-corrected chi connectivity index (χ0v) is 12.7. The molecule has 0 heterocycles. The molecule has 0 N–H and O–H groups in total. The van der Waals surface area contributed by atoms with E-state index in [9.17, 15) is 0 Å². The molecule has 0 rings (SSSR count). The van der Waals surface area contributed by atoms with Gasteiger partial charge in [-0.05, 0) is 19.8 Å². The highest BCUT2D eigenvalue weighted by Gasteiger charge is 2.25. The summed E-state index contributed by atoms with van der Waals surface area (Å²) in [6.07, 6.45) is 4.40. The van der Waals surface area contributed by atoms with E-state index in [4.69, 9.17) is 14.2 Å². The average molecular weight is 234 g/mol. The Labute approximate surface area is 96.9 Å². The van der Waals surface area contributed by atoms with Gasteiger partial charge in [-0.25, -0.2) is 0 Å². The van der Waals surface area contributed by atoms with Gasteiger partial charge in [0.15, 0.2) is 0 Å². The van der Waals surface area contributed by atoms with E-state index in [1.54, 1.807) is 0 Å². The number of rotatable bonds is 10. The van der Waals surface area contributed by atoms with Crippen LogP contribution in [0, 0.1) is 0 Å². The Bertz CT molecular complexity index is 132. The molecule has 0 aromatic heterocycles. The third-order valence-electron chi connectivity index (χ3n) is 2.13. The third kappa shape index (κ3) is 7.96. The maximum atomic E-state index is 5.67. The normalized spacial score (nSPS) is 12.2. The summed E-state index contributed by atoms with van der Waals surface area (Å²) in [6.45, 7) is 8.37. The quantitative estimate of drug-likeness (QED) is 0.327. The van der Waals surface area contributed by atoms with E-state index in [1.165, 1.54) is 0 Å². The maximum Gasteiger partial charge on any atom is 0.245 e. The fraction of sp³-hybridized carbons (Fsp3) is 1.00. The fourth-order valence-corrected chi connectivity index (χ4v) is 1.89. The molecule has 0 aliphatic rings. The smallest absolute Gasteiger partial charge is 0.245 e. The first-order chi connectivity index (χ1) is 7.18. The lowest BCUT2D eigenvalue weighted by Crippen LogP contribution is -2.40. The van der Waals surface area contributed by atoms with E-state index in [1.807, 2.05) is 6.92 Å². The molecule has 15 heavy (non-hydrogen) atoms. The fourth-order valence-electron chi connectivity index (χ4n) is 1.19. The van der Waals surface area contributed by atoms with Gasteiger partial charge in [0.25, 0.3) is 0 Å². The summed E-state index contributed by atoms with van der Waals surface area (Å²) in [4.78, 5) is 0. The van der Waals surface area contributed by atoms with Crippen LogP contribution in [0.1, 0.15) is 46.5 Å². The van der Waals surface area contributed by atoms with Crippen LogP contribution in [0.15, 0.2) is 0 Å². The highest BCUT2D eigenvalue weighted by Crippen LogP contribution is 2.12. The monoisotopic (exact) mass is 234 g/mol. The lowest BCUT2D eigenvalue weighted by Gasteiger charge is -2.30.